The molecule has 0 fully saturated rings. The molecule has 2 heterocycles. The molecule has 0 saturated heterocycles. The Labute approximate surface area is 190 Å². The van der Waals surface area contributed by atoms with Crippen LogP contribution in [0.5, 0.6) is 5.88 Å². The molecule has 3 atom stereocenters. The van der Waals surface area contributed by atoms with Crippen LogP contribution in [0.15, 0.2) is 18.3 Å². The number of pyridine rings is 1. The standard InChI is InChI=1S/C24H36N4O4/c1-5-10-25-24(31)27(4)14-21-16(2)13-28(17(3)15-29)23(30)20-11-19(12-26-22(20)32-21)18-8-6-7-9-18/h8,11-12,16-17,21,29H,5-7,9-10,13-15H2,1-4H3,(H,25,31)/t16-,17+,21+/m1/s1. The zero-order valence-electron chi connectivity index (χ0n) is 19.6. The quantitative estimate of drug-likeness (QED) is 0.674. The number of nitrogens with one attached hydrogen (secondary N) is 1. The van der Waals surface area contributed by atoms with Gasteiger partial charge in [-0.1, -0.05) is 19.9 Å². The summed E-state index contributed by atoms with van der Waals surface area (Å²) in [5.41, 5.74) is 2.55. The smallest absolute Gasteiger partial charge is 0.317 e. The number of carbonyl (C=O) groups excluding carboxylic acids is 2. The number of urea groups is 1. The molecule has 0 aromatic carbocycles. The third-order valence-electron chi connectivity index (χ3n) is 6.26. The lowest BCUT2D eigenvalue weighted by molar-refractivity contribution is 0.0352. The van der Waals surface area contributed by atoms with Crippen LogP contribution >= 0.6 is 0 Å². The average Bonchev–Trinajstić information content (AvgIpc) is 3.33. The first-order chi connectivity index (χ1) is 15.3. The van der Waals surface area contributed by atoms with Crippen LogP contribution in [0.3, 0.4) is 0 Å². The minimum absolute atomic E-state index is 0.0680. The van der Waals surface area contributed by atoms with Crippen molar-refractivity contribution in [3.8, 4) is 5.88 Å². The number of rotatable bonds is 7. The van der Waals surface area contributed by atoms with E-state index in [4.69, 9.17) is 4.74 Å². The van der Waals surface area contributed by atoms with Crippen molar-refractivity contribution < 1.29 is 19.4 Å². The number of allylic oxidation sites excluding steroid dienone is 2. The molecule has 1 aliphatic heterocycles. The number of hydrogen-bond acceptors (Lipinski definition) is 5. The molecule has 176 valence electrons. The van der Waals surface area contributed by atoms with Crippen LogP contribution in [0, 0.1) is 5.92 Å². The summed E-state index contributed by atoms with van der Waals surface area (Å²) in [7, 11) is 1.74. The van der Waals surface area contributed by atoms with E-state index in [1.54, 1.807) is 23.0 Å². The van der Waals surface area contributed by atoms with Crippen molar-refractivity contribution in [2.75, 3.05) is 33.3 Å². The van der Waals surface area contributed by atoms with Gasteiger partial charge in [-0.15, -0.1) is 0 Å². The van der Waals surface area contributed by atoms with E-state index in [1.807, 2.05) is 26.8 Å². The Kier molecular flexibility index (Phi) is 8.12. The average molecular weight is 445 g/mol. The number of aliphatic hydroxyl groups excluding tert-OH is 1. The Bertz CT molecular complexity index is 856. The van der Waals surface area contributed by atoms with E-state index >= 15 is 0 Å². The number of amides is 3. The number of nitrogens with zero attached hydrogens (tertiary/aromatic N) is 3. The summed E-state index contributed by atoms with van der Waals surface area (Å²) in [5, 5.41) is 12.7. The van der Waals surface area contributed by atoms with Crippen LogP contribution in [0.1, 0.15) is 62.4 Å². The summed E-state index contributed by atoms with van der Waals surface area (Å²) in [5.74, 6) is 0.0294. The predicted octanol–water partition coefficient (Wildman–Crippen LogP) is 2.92. The molecule has 32 heavy (non-hydrogen) atoms. The number of aromatic nitrogens is 1. The van der Waals surface area contributed by atoms with Gasteiger partial charge >= 0.3 is 6.03 Å². The molecule has 0 saturated carbocycles. The molecule has 0 bridgehead atoms. The second-order valence-corrected chi connectivity index (χ2v) is 8.93. The lowest BCUT2D eigenvalue weighted by Gasteiger charge is -2.37. The van der Waals surface area contributed by atoms with Gasteiger partial charge in [-0.05, 0) is 49.8 Å². The van der Waals surface area contributed by atoms with E-state index in [1.165, 1.54) is 5.57 Å². The van der Waals surface area contributed by atoms with Crippen LogP contribution in [-0.4, -0.2) is 77.3 Å². The third-order valence-corrected chi connectivity index (χ3v) is 6.26. The van der Waals surface area contributed by atoms with Crippen molar-refractivity contribution in [3.05, 3.63) is 29.5 Å². The maximum Gasteiger partial charge on any atom is 0.317 e. The van der Waals surface area contributed by atoms with Gasteiger partial charge in [0, 0.05) is 32.3 Å². The van der Waals surface area contributed by atoms with Gasteiger partial charge in [0.2, 0.25) is 5.88 Å². The Balaban J connectivity index is 1.92. The molecule has 1 aliphatic carbocycles. The van der Waals surface area contributed by atoms with E-state index in [9.17, 15) is 14.7 Å². The minimum atomic E-state index is -0.350. The number of aliphatic hydroxyl groups is 1. The van der Waals surface area contributed by atoms with E-state index in [0.29, 0.717) is 25.2 Å². The molecule has 0 spiro atoms. The highest BCUT2D eigenvalue weighted by atomic mass is 16.5. The van der Waals surface area contributed by atoms with Gasteiger partial charge in [-0.2, -0.15) is 0 Å². The highest BCUT2D eigenvalue weighted by Gasteiger charge is 2.34. The summed E-state index contributed by atoms with van der Waals surface area (Å²) < 4.78 is 6.26. The van der Waals surface area contributed by atoms with Crippen molar-refractivity contribution in [3.63, 3.8) is 0 Å². The lowest BCUT2D eigenvalue weighted by Crippen LogP contribution is -2.51. The summed E-state index contributed by atoms with van der Waals surface area (Å²) >= 11 is 0. The maximum absolute atomic E-state index is 13.5. The normalized spacial score (nSPS) is 21.7. The molecule has 1 aromatic heterocycles. The SMILES string of the molecule is CCCNC(=O)N(C)C[C@@H]1Oc2ncc(C3=CCCC3)cc2C(=O)N([C@@H](C)CO)C[C@H]1C. The predicted molar refractivity (Wildman–Crippen MR) is 124 cm³/mol. The number of carbonyl (C=O) groups is 2. The first-order valence-corrected chi connectivity index (χ1v) is 11.6. The number of ether oxygens (including phenoxy) is 1. The second kappa shape index (κ2) is 10.8. The van der Waals surface area contributed by atoms with Crippen molar-refractivity contribution in [2.45, 2.75) is 58.6 Å². The maximum atomic E-state index is 13.5. The first-order valence-electron chi connectivity index (χ1n) is 11.6. The van der Waals surface area contributed by atoms with Crippen LogP contribution in [0.4, 0.5) is 4.79 Å². The largest absolute Gasteiger partial charge is 0.472 e. The van der Waals surface area contributed by atoms with Crippen LogP contribution in [-0.2, 0) is 0 Å². The monoisotopic (exact) mass is 444 g/mol. The molecule has 3 rings (SSSR count). The van der Waals surface area contributed by atoms with Crippen molar-refractivity contribution in [1.82, 2.24) is 20.1 Å². The zero-order valence-corrected chi connectivity index (χ0v) is 19.6. The van der Waals surface area contributed by atoms with Crippen molar-refractivity contribution in [1.29, 1.82) is 0 Å². The third kappa shape index (κ3) is 5.41. The Morgan fingerprint density at radius 3 is 2.91 bits per heavy atom. The van der Waals surface area contributed by atoms with E-state index in [-0.39, 0.29) is 42.5 Å². The fourth-order valence-corrected chi connectivity index (χ4v) is 4.15. The molecule has 8 heteroatoms. The molecule has 0 radical (unpaired) electrons. The van der Waals surface area contributed by atoms with Gasteiger partial charge in [-0.3, -0.25) is 4.79 Å². The number of fused-ring (bicyclic) bond motifs is 1. The second-order valence-electron chi connectivity index (χ2n) is 8.93. The van der Waals surface area contributed by atoms with Gasteiger partial charge in [0.15, 0.2) is 0 Å². The van der Waals surface area contributed by atoms with Gasteiger partial charge in [0.25, 0.3) is 5.91 Å². The molecule has 8 nitrogen and oxygen atoms in total. The Hall–Kier alpha value is -2.61. The van der Waals surface area contributed by atoms with Gasteiger partial charge in [0.1, 0.15) is 11.7 Å². The number of hydrogen-bond donors (Lipinski definition) is 2. The fraction of sp³-hybridized carbons (Fsp3) is 0.625. The Morgan fingerprint density at radius 1 is 1.47 bits per heavy atom. The molecule has 2 N–H and O–H groups in total. The minimum Gasteiger partial charge on any atom is -0.472 e. The lowest BCUT2D eigenvalue weighted by atomic mass is 9.99. The highest BCUT2D eigenvalue weighted by Crippen LogP contribution is 2.32. The van der Waals surface area contributed by atoms with E-state index in [0.717, 1.165) is 31.2 Å². The van der Waals surface area contributed by atoms with Gasteiger partial charge in [0.05, 0.1) is 19.2 Å². The summed E-state index contributed by atoms with van der Waals surface area (Å²) in [6, 6.07) is 1.37. The summed E-state index contributed by atoms with van der Waals surface area (Å²) in [6.45, 7) is 7.10. The topological polar surface area (TPSA) is 95.0 Å². The summed E-state index contributed by atoms with van der Waals surface area (Å²) in [4.78, 5) is 33.7. The highest BCUT2D eigenvalue weighted by molar-refractivity contribution is 5.97. The Morgan fingerprint density at radius 2 is 2.25 bits per heavy atom. The molecular formula is C24H36N4O4. The number of likely N-dealkylation sites (N-methyl/N-ethyl adjacent to an activating group) is 1. The zero-order chi connectivity index (χ0) is 23.3. The molecule has 0 unspecified atom stereocenters. The molecular weight excluding hydrogens is 408 g/mol. The van der Waals surface area contributed by atoms with Crippen LogP contribution in [0.25, 0.3) is 5.57 Å². The van der Waals surface area contributed by atoms with Gasteiger partial charge in [-0.25, -0.2) is 9.78 Å². The molecule has 1 aromatic rings. The van der Waals surface area contributed by atoms with Crippen molar-refractivity contribution >= 4 is 17.5 Å². The first kappa shape index (κ1) is 24.0. The van der Waals surface area contributed by atoms with Crippen LogP contribution in [0.2, 0.25) is 0 Å². The van der Waals surface area contributed by atoms with E-state index in [2.05, 4.69) is 16.4 Å². The molecule has 3 amide bonds. The van der Waals surface area contributed by atoms with E-state index < -0.39 is 0 Å². The fourth-order valence-electron chi connectivity index (χ4n) is 4.15. The van der Waals surface area contributed by atoms with Crippen LogP contribution < -0.4 is 10.1 Å². The molecule has 2 aliphatic rings. The summed E-state index contributed by atoms with van der Waals surface area (Å²) in [6.07, 6.45) is 7.60. The van der Waals surface area contributed by atoms with Gasteiger partial charge < -0.3 is 25.0 Å². The van der Waals surface area contributed by atoms with Crippen molar-refractivity contribution in [2.24, 2.45) is 5.92 Å².